The SMILES string of the molecule is CCOc1ccc2ccccc2c1CNCCOCCO. The molecule has 21 heavy (non-hydrogen) atoms. The van der Waals surface area contributed by atoms with Gasteiger partial charge in [-0.15, -0.1) is 0 Å². The minimum atomic E-state index is 0.0673. The van der Waals surface area contributed by atoms with Gasteiger partial charge in [-0.25, -0.2) is 0 Å². The van der Waals surface area contributed by atoms with Gasteiger partial charge in [-0.2, -0.15) is 0 Å². The molecule has 2 aromatic carbocycles. The normalized spacial score (nSPS) is 11.0. The summed E-state index contributed by atoms with van der Waals surface area (Å²) in [6, 6.07) is 12.4. The molecule has 0 saturated carbocycles. The molecule has 0 spiro atoms. The fraction of sp³-hybridized carbons (Fsp3) is 0.412. The highest BCUT2D eigenvalue weighted by molar-refractivity contribution is 5.87. The summed E-state index contributed by atoms with van der Waals surface area (Å²) in [4.78, 5) is 0. The molecule has 0 unspecified atom stereocenters. The van der Waals surface area contributed by atoms with Gasteiger partial charge in [0.25, 0.3) is 0 Å². The van der Waals surface area contributed by atoms with Crippen molar-refractivity contribution in [3.05, 3.63) is 42.0 Å². The van der Waals surface area contributed by atoms with Crippen molar-refractivity contribution in [2.45, 2.75) is 13.5 Å². The number of rotatable bonds is 9. The first-order valence-electron chi connectivity index (χ1n) is 7.39. The van der Waals surface area contributed by atoms with Crippen molar-refractivity contribution in [1.29, 1.82) is 0 Å². The Balaban J connectivity index is 2.06. The molecule has 0 saturated heterocycles. The zero-order valence-electron chi connectivity index (χ0n) is 12.5. The van der Waals surface area contributed by atoms with E-state index in [2.05, 4.69) is 23.5 Å². The van der Waals surface area contributed by atoms with E-state index in [0.717, 1.165) is 18.8 Å². The summed E-state index contributed by atoms with van der Waals surface area (Å²) in [5, 5.41) is 14.4. The smallest absolute Gasteiger partial charge is 0.124 e. The van der Waals surface area contributed by atoms with Gasteiger partial charge in [-0.3, -0.25) is 0 Å². The summed E-state index contributed by atoms with van der Waals surface area (Å²) in [5.41, 5.74) is 1.18. The molecule has 2 aromatic rings. The van der Waals surface area contributed by atoms with Crippen LogP contribution in [0.3, 0.4) is 0 Å². The van der Waals surface area contributed by atoms with Gasteiger partial charge in [-0.05, 0) is 23.8 Å². The molecule has 0 bridgehead atoms. The van der Waals surface area contributed by atoms with Crippen LogP contribution < -0.4 is 10.1 Å². The molecule has 0 aliphatic carbocycles. The average molecular weight is 289 g/mol. The van der Waals surface area contributed by atoms with Crippen molar-refractivity contribution in [2.24, 2.45) is 0 Å². The van der Waals surface area contributed by atoms with E-state index in [9.17, 15) is 0 Å². The Morgan fingerprint density at radius 3 is 2.76 bits per heavy atom. The second kappa shape index (κ2) is 8.62. The highest BCUT2D eigenvalue weighted by Crippen LogP contribution is 2.28. The number of ether oxygens (including phenoxy) is 2. The predicted octanol–water partition coefficient (Wildman–Crippen LogP) is 2.34. The third-order valence-corrected chi connectivity index (χ3v) is 3.26. The van der Waals surface area contributed by atoms with E-state index in [1.54, 1.807) is 0 Å². The summed E-state index contributed by atoms with van der Waals surface area (Å²) in [6.45, 7) is 5.18. The molecule has 2 rings (SSSR count). The van der Waals surface area contributed by atoms with E-state index < -0.39 is 0 Å². The van der Waals surface area contributed by atoms with E-state index in [-0.39, 0.29) is 6.61 Å². The first kappa shape index (κ1) is 15.8. The van der Waals surface area contributed by atoms with Crippen LogP contribution in [-0.2, 0) is 11.3 Å². The Morgan fingerprint density at radius 1 is 1.10 bits per heavy atom. The number of hydrogen-bond donors (Lipinski definition) is 2. The molecule has 0 fully saturated rings. The predicted molar refractivity (Wildman–Crippen MR) is 84.7 cm³/mol. The maximum absolute atomic E-state index is 8.65. The zero-order valence-corrected chi connectivity index (χ0v) is 12.5. The van der Waals surface area contributed by atoms with Crippen LogP contribution in [0.5, 0.6) is 5.75 Å². The number of hydrogen-bond acceptors (Lipinski definition) is 4. The summed E-state index contributed by atoms with van der Waals surface area (Å²) < 4.78 is 11.0. The van der Waals surface area contributed by atoms with Crippen LogP contribution in [0.1, 0.15) is 12.5 Å². The molecule has 4 nitrogen and oxygen atoms in total. The summed E-state index contributed by atoms with van der Waals surface area (Å²) in [6.07, 6.45) is 0. The molecule has 0 amide bonds. The van der Waals surface area contributed by atoms with Crippen molar-refractivity contribution in [2.75, 3.05) is 33.0 Å². The van der Waals surface area contributed by atoms with Gasteiger partial charge in [0.15, 0.2) is 0 Å². The lowest BCUT2D eigenvalue weighted by molar-refractivity contribution is 0.0938. The Morgan fingerprint density at radius 2 is 1.95 bits per heavy atom. The average Bonchev–Trinajstić information content (AvgIpc) is 2.52. The van der Waals surface area contributed by atoms with Crippen molar-refractivity contribution in [3.8, 4) is 5.75 Å². The Bertz CT molecular complexity index is 557. The fourth-order valence-corrected chi connectivity index (χ4v) is 2.31. The van der Waals surface area contributed by atoms with Gasteiger partial charge >= 0.3 is 0 Å². The molecule has 0 aliphatic heterocycles. The Kier molecular flexibility index (Phi) is 6.47. The van der Waals surface area contributed by atoms with Crippen LogP contribution in [0.2, 0.25) is 0 Å². The van der Waals surface area contributed by atoms with Gasteiger partial charge in [-0.1, -0.05) is 30.3 Å². The molecular weight excluding hydrogens is 266 g/mol. The standard InChI is InChI=1S/C17H23NO3/c1-2-21-17-8-7-14-5-3-4-6-15(14)16(17)13-18-9-11-20-12-10-19/h3-8,18-19H,2,9-13H2,1H3. The molecule has 114 valence electrons. The highest BCUT2D eigenvalue weighted by atomic mass is 16.5. The monoisotopic (exact) mass is 289 g/mol. The maximum atomic E-state index is 8.65. The molecule has 0 heterocycles. The topological polar surface area (TPSA) is 50.7 Å². The first-order chi connectivity index (χ1) is 10.4. The first-order valence-corrected chi connectivity index (χ1v) is 7.39. The van der Waals surface area contributed by atoms with E-state index in [0.29, 0.717) is 19.8 Å². The Hall–Kier alpha value is -1.62. The summed E-state index contributed by atoms with van der Waals surface area (Å²) >= 11 is 0. The van der Waals surface area contributed by atoms with E-state index in [1.807, 2.05) is 25.1 Å². The van der Waals surface area contributed by atoms with Crippen LogP contribution in [0, 0.1) is 0 Å². The minimum Gasteiger partial charge on any atom is -0.494 e. The summed E-state index contributed by atoms with van der Waals surface area (Å²) in [5.74, 6) is 0.931. The lowest BCUT2D eigenvalue weighted by atomic mass is 10.0. The Labute approximate surface area is 125 Å². The van der Waals surface area contributed by atoms with Gasteiger partial charge in [0, 0.05) is 18.7 Å². The van der Waals surface area contributed by atoms with Crippen molar-refractivity contribution >= 4 is 10.8 Å². The molecule has 0 aromatic heterocycles. The number of fused-ring (bicyclic) bond motifs is 1. The highest BCUT2D eigenvalue weighted by Gasteiger charge is 2.08. The van der Waals surface area contributed by atoms with E-state index >= 15 is 0 Å². The lowest BCUT2D eigenvalue weighted by Gasteiger charge is -2.14. The van der Waals surface area contributed by atoms with Crippen LogP contribution in [0.25, 0.3) is 10.8 Å². The van der Waals surface area contributed by atoms with Crippen LogP contribution in [0.4, 0.5) is 0 Å². The third-order valence-electron chi connectivity index (χ3n) is 3.26. The number of aliphatic hydroxyl groups is 1. The number of benzene rings is 2. The maximum Gasteiger partial charge on any atom is 0.124 e. The minimum absolute atomic E-state index is 0.0673. The molecule has 0 aliphatic rings. The molecule has 2 N–H and O–H groups in total. The van der Waals surface area contributed by atoms with Crippen molar-refractivity contribution < 1.29 is 14.6 Å². The zero-order chi connectivity index (χ0) is 14.9. The van der Waals surface area contributed by atoms with E-state index in [1.165, 1.54) is 16.3 Å². The second-order valence-corrected chi connectivity index (χ2v) is 4.71. The largest absolute Gasteiger partial charge is 0.494 e. The molecular formula is C17H23NO3. The van der Waals surface area contributed by atoms with E-state index in [4.69, 9.17) is 14.6 Å². The summed E-state index contributed by atoms with van der Waals surface area (Å²) in [7, 11) is 0. The van der Waals surface area contributed by atoms with Crippen LogP contribution in [-0.4, -0.2) is 38.1 Å². The molecule has 0 radical (unpaired) electrons. The van der Waals surface area contributed by atoms with Gasteiger partial charge < -0.3 is 19.9 Å². The quantitative estimate of drug-likeness (QED) is 0.696. The third kappa shape index (κ3) is 4.43. The molecule has 0 atom stereocenters. The van der Waals surface area contributed by atoms with Gasteiger partial charge in [0.1, 0.15) is 5.75 Å². The van der Waals surface area contributed by atoms with Gasteiger partial charge in [0.2, 0.25) is 0 Å². The van der Waals surface area contributed by atoms with Gasteiger partial charge in [0.05, 0.1) is 26.4 Å². The number of nitrogens with one attached hydrogen (secondary N) is 1. The second-order valence-electron chi connectivity index (χ2n) is 4.71. The van der Waals surface area contributed by atoms with Crippen LogP contribution >= 0.6 is 0 Å². The van der Waals surface area contributed by atoms with Crippen LogP contribution in [0.15, 0.2) is 36.4 Å². The lowest BCUT2D eigenvalue weighted by Crippen LogP contribution is -2.20. The number of aliphatic hydroxyl groups excluding tert-OH is 1. The van der Waals surface area contributed by atoms with Crippen molar-refractivity contribution in [1.82, 2.24) is 5.32 Å². The fourth-order valence-electron chi connectivity index (χ4n) is 2.31. The molecule has 4 heteroatoms. The van der Waals surface area contributed by atoms with Crippen molar-refractivity contribution in [3.63, 3.8) is 0 Å².